The third kappa shape index (κ3) is 5.35. The molecule has 1 saturated heterocycles. The molecular weight excluding hydrogens is 348 g/mol. The Balaban J connectivity index is 1.80. The highest BCUT2D eigenvalue weighted by molar-refractivity contribution is 5.83. The van der Waals surface area contributed by atoms with Crippen molar-refractivity contribution in [2.24, 2.45) is 0 Å². The van der Waals surface area contributed by atoms with Gasteiger partial charge in [-0.25, -0.2) is 0 Å². The second kappa shape index (κ2) is 9.74. The van der Waals surface area contributed by atoms with E-state index in [-0.39, 0.29) is 24.1 Å². The number of amides is 1. The molecule has 2 aromatic carbocycles. The second-order valence-corrected chi connectivity index (χ2v) is 7.86. The minimum atomic E-state index is -0.344. The average molecular weight is 381 g/mol. The van der Waals surface area contributed by atoms with Crippen LogP contribution in [0.3, 0.4) is 0 Å². The molecule has 1 fully saturated rings. The van der Waals surface area contributed by atoms with E-state index in [9.17, 15) is 4.79 Å². The maximum atomic E-state index is 13.3. The van der Waals surface area contributed by atoms with Gasteiger partial charge in [-0.2, -0.15) is 0 Å². The summed E-state index contributed by atoms with van der Waals surface area (Å²) >= 11 is 0. The minimum Gasteiger partial charge on any atom is -0.491 e. The average Bonchev–Trinajstić information content (AvgIpc) is 2.72. The highest BCUT2D eigenvalue weighted by atomic mass is 16.5. The van der Waals surface area contributed by atoms with Crippen molar-refractivity contribution >= 4 is 5.91 Å². The smallest absolute Gasteiger partial charge is 0.244 e. The molecule has 4 heteroatoms. The standard InChI is InChI=1S/C24H32N2O2/c1-18(2)28-22-14-10-13-21(17-22)19(3)25-23(20-11-6-4-7-12-20)24(27)26-15-8-5-9-16-26/h4,6-7,10-14,17-19,23,25H,5,8-9,15-16H2,1-3H3. The van der Waals surface area contributed by atoms with Crippen LogP contribution >= 0.6 is 0 Å². The van der Waals surface area contributed by atoms with Crippen LogP contribution in [0.5, 0.6) is 5.75 Å². The van der Waals surface area contributed by atoms with Crippen molar-refractivity contribution in [1.82, 2.24) is 10.2 Å². The second-order valence-electron chi connectivity index (χ2n) is 7.86. The van der Waals surface area contributed by atoms with Gasteiger partial charge in [0.15, 0.2) is 0 Å². The number of rotatable bonds is 7. The van der Waals surface area contributed by atoms with Gasteiger partial charge in [-0.3, -0.25) is 10.1 Å². The summed E-state index contributed by atoms with van der Waals surface area (Å²) in [4.78, 5) is 15.3. The number of carbonyl (C=O) groups is 1. The lowest BCUT2D eigenvalue weighted by Crippen LogP contribution is -2.44. The Labute approximate surface area is 168 Å². The number of nitrogens with one attached hydrogen (secondary N) is 1. The van der Waals surface area contributed by atoms with E-state index in [4.69, 9.17) is 4.74 Å². The Kier molecular flexibility index (Phi) is 7.10. The summed E-state index contributed by atoms with van der Waals surface area (Å²) in [5.41, 5.74) is 2.13. The maximum Gasteiger partial charge on any atom is 0.244 e. The third-order valence-electron chi connectivity index (χ3n) is 5.19. The lowest BCUT2D eigenvalue weighted by atomic mass is 10.0. The van der Waals surface area contributed by atoms with Gasteiger partial charge < -0.3 is 9.64 Å². The zero-order valence-electron chi connectivity index (χ0n) is 17.2. The molecular formula is C24H32N2O2. The number of likely N-dealkylation sites (tertiary alicyclic amines) is 1. The van der Waals surface area contributed by atoms with E-state index in [1.165, 1.54) is 6.42 Å². The van der Waals surface area contributed by atoms with Crippen LogP contribution in [0.1, 0.15) is 63.2 Å². The van der Waals surface area contributed by atoms with Crippen LogP contribution in [0.4, 0.5) is 0 Å². The first kappa shape index (κ1) is 20.4. The van der Waals surface area contributed by atoms with E-state index in [2.05, 4.69) is 24.4 Å². The summed E-state index contributed by atoms with van der Waals surface area (Å²) < 4.78 is 5.83. The quantitative estimate of drug-likeness (QED) is 0.744. The summed E-state index contributed by atoms with van der Waals surface area (Å²) in [5, 5.41) is 3.58. The Bertz CT molecular complexity index is 754. The topological polar surface area (TPSA) is 41.6 Å². The monoisotopic (exact) mass is 380 g/mol. The summed E-state index contributed by atoms with van der Waals surface area (Å²) in [7, 11) is 0. The van der Waals surface area contributed by atoms with Gasteiger partial charge in [-0.05, 0) is 63.3 Å². The predicted molar refractivity (Wildman–Crippen MR) is 113 cm³/mol. The lowest BCUT2D eigenvalue weighted by molar-refractivity contribution is -0.134. The van der Waals surface area contributed by atoms with Gasteiger partial charge in [-0.1, -0.05) is 42.5 Å². The molecule has 0 saturated carbocycles. The van der Waals surface area contributed by atoms with E-state index in [0.29, 0.717) is 0 Å². The first-order chi connectivity index (χ1) is 13.5. The van der Waals surface area contributed by atoms with E-state index in [1.807, 2.05) is 61.2 Å². The van der Waals surface area contributed by atoms with Gasteiger partial charge in [-0.15, -0.1) is 0 Å². The number of carbonyl (C=O) groups excluding carboxylic acids is 1. The molecule has 2 atom stereocenters. The van der Waals surface area contributed by atoms with Gasteiger partial charge >= 0.3 is 0 Å². The van der Waals surface area contributed by atoms with Crippen molar-refractivity contribution in [3.63, 3.8) is 0 Å². The predicted octanol–water partition coefficient (Wildman–Crippen LogP) is 4.88. The first-order valence-corrected chi connectivity index (χ1v) is 10.4. The van der Waals surface area contributed by atoms with Crippen LogP contribution in [0.25, 0.3) is 0 Å². The Morgan fingerprint density at radius 3 is 2.29 bits per heavy atom. The highest BCUT2D eigenvalue weighted by Crippen LogP contribution is 2.25. The Morgan fingerprint density at radius 2 is 1.61 bits per heavy atom. The Morgan fingerprint density at radius 1 is 0.929 bits per heavy atom. The molecule has 0 bridgehead atoms. The van der Waals surface area contributed by atoms with Crippen LogP contribution in [-0.2, 0) is 4.79 Å². The number of hydrogen-bond acceptors (Lipinski definition) is 3. The molecule has 1 aliphatic heterocycles. The molecule has 150 valence electrons. The summed E-state index contributed by atoms with van der Waals surface area (Å²) in [5.74, 6) is 1.03. The SMILES string of the molecule is CC(C)Oc1cccc(C(C)NC(C(=O)N2CCCCC2)c2ccccc2)c1. The molecule has 0 aliphatic carbocycles. The molecule has 1 N–H and O–H groups in total. The lowest BCUT2D eigenvalue weighted by Gasteiger charge is -2.32. The van der Waals surface area contributed by atoms with Gasteiger partial charge in [0, 0.05) is 19.1 Å². The van der Waals surface area contributed by atoms with Crippen LogP contribution in [0.2, 0.25) is 0 Å². The van der Waals surface area contributed by atoms with E-state index in [0.717, 1.165) is 42.8 Å². The van der Waals surface area contributed by atoms with Gasteiger partial charge in [0.05, 0.1) is 6.10 Å². The maximum absolute atomic E-state index is 13.3. The van der Waals surface area contributed by atoms with E-state index in [1.54, 1.807) is 0 Å². The molecule has 0 aromatic heterocycles. The van der Waals surface area contributed by atoms with Crippen molar-refractivity contribution in [1.29, 1.82) is 0 Å². The van der Waals surface area contributed by atoms with E-state index >= 15 is 0 Å². The van der Waals surface area contributed by atoms with Crippen molar-refractivity contribution in [3.8, 4) is 5.75 Å². The Hall–Kier alpha value is -2.33. The van der Waals surface area contributed by atoms with Gasteiger partial charge in [0.25, 0.3) is 0 Å². The van der Waals surface area contributed by atoms with Crippen molar-refractivity contribution in [3.05, 3.63) is 65.7 Å². The van der Waals surface area contributed by atoms with Crippen LogP contribution in [0, 0.1) is 0 Å². The number of benzene rings is 2. The molecule has 0 radical (unpaired) electrons. The van der Waals surface area contributed by atoms with Gasteiger partial charge in [0.2, 0.25) is 5.91 Å². The fourth-order valence-corrected chi connectivity index (χ4v) is 3.73. The zero-order valence-corrected chi connectivity index (χ0v) is 17.2. The van der Waals surface area contributed by atoms with Crippen molar-refractivity contribution in [2.45, 2.75) is 58.2 Å². The number of piperidine rings is 1. The fraction of sp³-hybridized carbons (Fsp3) is 0.458. The van der Waals surface area contributed by atoms with Crippen molar-refractivity contribution < 1.29 is 9.53 Å². The molecule has 1 amide bonds. The van der Waals surface area contributed by atoms with Gasteiger partial charge in [0.1, 0.15) is 11.8 Å². The molecule has 4 nitrogen and oxygen atoms in total. The van der Waals surface area contributed by atoms with Crippen molar-refractivity contribution in [2.75, 3.05) is 13.1 Å². The largest absolute Gasteiger partial charge is 0.491 e. The number of ether oxygens (including phenoxy) is 1. The zero-order chi connectivity index (χ0) is 19.9. The first-order valence-electron chi connectivity index (χ1n) is 10.4. The number of hydrogen-bond donors (Lipinski definition) is 1. The molecule has 2 unspecified atom stereocenters. The highest BCUT2D eigenvalue weighted by Gasteiger charge is 2.28. The minimum absolute atomic E-state index is 0.0228. The fourth-order valence-electron chi connectivity index (χ4n) is 3.73. The molecule has 28 heavy (non-hydrogen) atoms. The number of nitrogens with zero attached hydrogens (tertiary/aromatic N) is 1. The summed E-state index contributed by atoms with van der Waals surface area (Å²) in [6.07, 6.45) is 3.54. The molecule has 1 heterocycles. The normalized spacial score (nSPS) is 16.6. The molecule has 2 aromatic rings. The summed E-state index contributed by atoms with van der Waals surface area (Å²) in [6, 6.07) is 17.8. The van der Waals surface area contributed by atoms with Crippen LogP contribution in [-0.4, -0.2) is 30.0 Å². The molecule has 0 spiro atoms. The molecule has 1 aliphatic rings. The van der Waals surface area contributed by atoms with Crippen LogP contribution < -0.4 is 10.1 Å². The van der Waals surface area contributed by atoms with Crippen LogP contribution in [0.15, 0.2) is 54.6 Å². The summed E-state index contributed by atoms with van der Waals surface area (Å²) in [6.45, 7) is 7.87. The van der Waals surface area contributed by atoms with E-state index < -0.39 is 0 Å². The molecule has 3 rings (SSSR count). The third-order valence-corrected chi connectivity index (χ3v) is 5.19.